The van der Waals surface area contributed by atoms with Crippen molar-refractivity contribution in [2.75, 3.05) is 6.54 Å². The van der Waals surface area contributed by atoms with Crippen LogP contribution < -0.4 is 5.32 Å². The van der Waals surface area contributed by atoms with Crippen LogP contribution >= 0.6 is 0 Å². The highest BCUT2D eigenvalue weighted by molar-refractivity contribution is 5.23. The van der Waals surface area contributed by atoms with Gasteiger partial charge in [0.2, 0.25) is 0 Å². The van der Waals surface area contributed by atoms with Crippen LogP contribution in [0.25, 0.3) is 0 Å². The molecule has 17 heavy (non-hydrogen) atoms. The van der Waals surface area contributed by atoms with E-state index in [4.69, 9.17) is 0 Å². The molecule has 1 nitrogen and oxygen atoms in total. The molecule has 0 heterocycles. The molecule has 0 saturated heterocycles. The van der Waals surface area contributed by atoms with Gasteiger partial charge in [0.1, 0.15) is 0 Å². The van der Waals surface area contributed by atoms with Crippen LogP contribution in [0.5, 0.6) is 0 Å². The van der Waals surface area contributed by atoms with Gasteiger partial charge in [0.05, 0.1) is 0 Å². The third-order valence-electron chi connectivity index (χ3n) is 3.14. The summed E-state index contributed by atoms with van der Waals surface area (Å²) >= 11 is 0. The van der Waals surface area contributed by atoms with E-state index >= 15 is 0 Å². The minimum Gasteiger partial charge on any atom is -0.314 e. The lowest BCUT2D eigenvalue weighted by atomic mass is 9.83. The van der Waals surface area contributed by atoms with Crippen molar-refractivity contribution in [1.29, 1.82) is 0 Å². The second-order valence-corrected chi connectivity index (χ2v) is 5.56. The van der Waals surface area contributed by atoms with Gasteiger partial charge >= 0.3 is 0 Å². The molecule has 0 radical (unpaired) electrons. The largest absolute Gasteiger partial charge is 0.314 e. The number of benzene rings is 1. The Bertz CT molecular complexity index is 350. The molecule has 0 aliphatic heterocycles. The topological polar surface area (TPSA) is 12.0 Å². The molecule has 0 aromatic heterocycles. The Morgan fingerprint density at radius 2 is 1.88 bits per heavy atom. The zero-order valence-corrected chi connectivity index (χ0v) is 11.6. The highest BCUT2D eigenvalue weighted by Crippen LogP contribution is 2.23. The van der Waals surface area contributed by atoms with Crippen molar-refractivity contribution >= 4 is 0 Å². The molecule has 1 unspecified atom stereocenters. The van der Waals surface area contributed by atoms with Gasteiger partial charge in [-0.3, -0.25) is 0 Å². The summed E-state index contributed by atoms with van der Waals surface area (Å²) in [4.78, 5) is 0. The van der Waals surface area contributed by atoms with Crippen LogP contribution in [0.2, 0.25) is 0 Å². The Kier molecular flexibility index (Phi) is 4.95. The van der Waals surface area contributed by atoms with Gasteiger partial charge in [0.25, 0.3) is 0 Å². The lowest BCUT2D eigenvalue weighted by molar-refractivity contribution is 0.373. The van der Waals surface area contributed by atoms with Gasteiger partial charge < -0.3 is 5.32 Å². The summed E-state index contributed by atoms with van der Waals surface area (Å²) in [6.45, 7) is 13.7. The summed E-state index contributed by atoms with van der Waals surface area (Å²) in [6, 6.07) is 9.30. The summed E-state index contributed by atoms with van der Waals surface area (Å²) in [7, 11) is 0. The Labute approximate surface area is 106 Å². The van der Waals surface area contributed by atoms with E-state index in [1.165, 1.54) is 11.1 Å². The summed E-state index contributed by atoms with van der Waals surface area (Å²) in [5.74, 6) is 0. The Balaban J connectivity index is 2.67. The monoisotopic (exact) mass is 231 g/mol. The van der Waals surface area contributed by atoms with E-state index in [1.54, 1.807) is 0 Å². The van der Waals surface area contributed by atoms with Gasteiger partial charge in [-0.25, -0.2) is 0 Å². The molecule has 1 atom stereocenters. The first kappa shape index (κ1) is 14.0. The minimum absolute atomic E-state index is 0.125. The van der Waals surface area contributed by atoms with Crippen molar-refractivity contribution in [2.45, 2.75) is 40.2 Å². The number of hydrogen-bond donors (Lipinski definition) is 1. The first-order chi connectivity index (χ1) is 7.95. The predicted molar refractivity (Wildman–Crippen MR) is 76.3 cm³/mol. The smallest absolute Gasteiger partial charge is 0.00453 e. The van der Waals surface area contributed by atoms with Crippen LogP contribution in [0, 0.1) is 12.3 Å². The van der Waals surface area contributed by atoms with Crippen molar-refractivity contribution in [3.05, 3.63) is 48.0 Å². The molecule has 94 valence electrons. The molecule has 0 fully saturated rings. The maximum atomic E-state index is 3.98. The van der Waals surface area contributed by atoms with Crippen LogP contribution in [0.4, 0.5) is 0 Å². The van der Waals surface area contributed by atoms with E-state index in [9.17, 15) is 0 Å². The average molecular weight is 231 g/mol. The van der Waals surface area contributed by atoms with Crippen molar-refractivity contribution in [3.63, 3.8) is 0 Å². The van der Waals surface area contributed by atoms with Gasteiger partial charge in [0, 0.05) is 18.0 Å². The molecule has 1 heteroatoms. The van der Waals surface area contributed by atoms with Crippen LogP contribution in [-0.4, -0.2) is 12.6 Å². The van der Waals surface area contributed by atoms with Crippen molar-refractivity contribution in [3.8, 4) is 0 Å². The SMILES string of the molecule is C=CC(C)(CNC(C)C)Cc1ccc(C)cc1. The zero-order valence-electron chi connectivity index (χ0n) is 11.6. The van der Waals surface area contributed by atoms with E-state index < -0.39 is 0 Å². The molecule has 0 aliphatic rings. The fourth-order valence-corrected chi connectivity index (χ4v) is 1.82. The fourth-order valence-electron chi connectivity index (χ4n) is 1.82. The van der Waals surface area contributed by atoms with Crippen LogP contribution in [0.3, 0.4) is 0 Å². The molecular weight excluding hydrogens is 206 g/mol. The Morgan fingerprint density at radius 1 is 1.29 bits per heavy atom. The standard InChI is InChI=1S/C16H25N/c1-6-16(5,12-17-13(2)3)11-15-9-7-14(4)8-10-15/h6-10,13,17H,1,11-12H2,2-5H3. The van der Waals surface area contributed by atoms with Gasteiger partial charge in [-0.2, -0.15) is 0 Å². The molecular formula is C16H25N. The summed E-state index contributed by atoms with van der Waals surface area (Å²) in [5, 5.41) is 3.50. The molecule has 1 rings (SSSR count). The van der Waals surface area contributed by atoms with Gasteiger partial charge in [0.15, 0.2) is 0 Å². The van der Waals surface area contributed by atoms with E-state index in [0.717, 1.165) is 13.0 Å². The highest BCUT2D eigenvalue weighted by Gasteiger charge is 2.20. The second kappa shape index (κ2) is 6.02. The van der Waals surface area contributed by atoms with E-state index in [0.29, 0.717) is 6.04 Å². The number of aryl methyl sites for hydroxylation is 1. The normalized spacial score (nSPS) is 14.6. The molecule has 0 amide bonds. The molecule has 1 aromatic rings. The van der Waals surface area contributed by atoms with Gasteiger partial charge in [-0.1, -0.05) is 56.7 Å². The summed E-state index contributed by atoms with van der Waals surface area (Å²) < 4.78 is 0. The van der Waals surface area contributed by atoms with Gasteiger partial charge in [-0.05, 0) is 18.9 Å². The molecule has 0 aliphatic carbocycles. The van der Waals surface area contributed by atoms with Crippen LogP contribution in [0.15, 0.2) is 36.9 Å². The third kappa shape index (κ3) is 4.74. The lowest BCUT2D eigenvalue weighted by Crippen LogP contribution is -2.35. The fraction of sp³-hybridized carbons (Fsp3) is 0.500. The average Bonchev–Trinajstić information content (AvgIpc) is 2.30. The zero-order chi connectivity index (χ0) is 12.9. The lowest BCUT2D eigenvalue weighted by Gasteiger charge is -2.27. The predicted octanol–water partition coefficient (Wildman–Crippen LogP) is 3.73. The van der Waals surface area contributed by atoms with Crippen molar-refractivity contribution < 1.29 is 0 Å². The highest BCUT2D eigenvalue weighted by atomic mass is 14.9. The minimum atomic E-state index is 0.125. The van der Waals surface area contributed by atoms with E-state index in [2.05, 4.69) is 69.9 Å². The molecule has 0 saturated carbocycles. The molecule has 1 aromatic carbocycles. The van der Waals surface area contributed by atoms with Crippen LogP contribution in [-0.2, 0) is 6.42 Å². The molecule has 1 N–H and O–H groups in total. The quantitative estimate of drug-likeness (QED) is 0.736. The number of hydrogen-bond acceptors (Lipinski definition) is 1. The van der Waals surface area contributed by atoms with Gasteiger partial charge in [-0.15, -0.1) is 6.58 Å². The Morgan fingerprint density at radius 3 is 2.35 bits per heavy atom. The Hall–Kier alpha value is -1.08. The first-order valence-electron chi connectivity index (χ1n) is 6.38. The third-order valence-corrected chi connectivity index (χ3v) is 3.14. The van der Waals surface area contributed by atoms with E-state index in [1.807, 2.05) is 0 Å². The number of rotatable bonds is 6. The second-order valence-electron chi connectivity index (χ2n) is 5.56. The number of nitrogens with one attached hydrogen (secondary N) is 1. The summed E-state index contributed by atoms with van der Waals surface area (Å²) in [5.41, 5.74) is 2.82. The van der Waals surface area contributed by atoms with Crippen molar-refractivity contribution in [2.24, 2.45) is 5.41 Å². The maximum absolute atomic E-state index is 3.98. The molecule has 0 spiro atoms. The first-order valence-corrected chi connectivity index (χ1v) is 6.38. The van der Waals surface area contributed by atoms with E-state index in [-0.39, 0.29) is 5.41 Å². The van der Waals surface area contributed by atoms with Crippen molar-refractivity contribution in [1.82, 2.24) is 5.32 Å². The molecule has 0 bridgehead atoms. The summed E-state index contributed by atoms with van der Waals surface area (Å²) in [6.07, 6.45) is 3.11. The maximum Gasteiger partial charge on any atom is 0.00453 e. The van der Waals surface area contributed by atoms with Crippen LogP contribution in [0.1, 0.15) is 31.9 Å².